The number of benzene rings is 2. The Kier molecular flexibility index (Phi) is 6.13. The summed E-state index contributed by atoms with van der Waals surface area (Å²) in [5.74, 6) is -0.0174. The van der Waals surface area contributed by atoms with Gasteiger partial charge in [0, 0.05) is 47.6 Å². The van der Waals surface area contributed by atoms with E-state index in [1.165, 1.54) is 6.92 Å². The predicted octanol–water partition coefficient (Wildman–Crippen LogP) is 4.31. The van der Waals surface area contributed by atoms with Crippen LogP contribution in [0, 0.1) is 0 Å². The molecule has 0 aromatic heterocycles. The number of urea groups is 2. The molecule has 8 heteroatoms. The third kappa shape index (κ3) is 4.82. The van der Waals surface area contributed by atoms with Gasteiger partial charge in [-0.05, 0) is 74.2 Å². The van der Waals surface area contributed by atoms with E-state index >= 15 is 0 Å². The molecule has 2 aliphatic rings. The van der Waals surface area contributed by atoms with Crippen LogP contribution in [0.5, 0.6) is 0 Å². The first-order valence-corrected chi connectivity index (χ1v) is 10.8. The molecule has 2 aliphatic heterocycles. The predicted molar refractivity (Wildman–Crippen MR) is 121 cm³/mol. The molecule has 1 atom stereocenters. The highest BCUT2D eigenvalue weighted by molar-refractivity contribution is 6.30. The lowest BCUT2D eigenvalue weighted by atomic mass is 10.1. The molecular weight excluding hydrogens is 416 g/mol. The van der Waals surface area contributed by atoms with Gasteiger partial charge in [-0.1, -0.05) is 11.6 Å². The summed E-state index contributed by atoms with van der Waals surface area (Å²) < 4.78 is 0. The molecule has 0 spiro atoms. The molecule has 4 rings (SSSR count). The van der Waals surface area contributed by atoms with Gasteiger partial charge in [-0.3, -0.25) is 9.69 Å². The van der Waals surface area contributed by atoms with Crippen molar-refractivity contribution in [1.29, 1.82) is 0 Å². The maximum atomic E-state index is 12.9. The van der Waals surface area contributed by atoms with Crippen molar-refractivity contribution in [2.75, 3.05) is 29.9 Å². The molecule has 162 valence electrons. The SMILES string of the molecule is CC(=O)c1ccc(NC(=O)N2CCCC(NC(=O)N3CCc4cc(Cl)ccc43)C2)cc1. The van der Waals surface area contributed by atoms with E-state index in [1.54, 1.807) is 40.1 Å². The Labute approximate surface area is 186 Å². The monoisotopic (exact) mass is 440 g/mol. The summed E-state index contributed by atoms with van der Waals surface area (Å²) in [6, 6.07) is 11.9. The topological polar surface area (TPSA) is 81.8 Å². The number of Topliss-reactive ketones (excluding diaryl/α,β-unsaturated/α-hetero) is 1. The highest BCUT2D eigenvalue weighted by atomic mass is 35.5. The third-order valence-corrected chi connectivity index (χ3v) is 6.00. The van der Waals surface area contributed by atoms with E-state index in [1.807, 2.05) is 12.1 Å². The van der Waals surface area contributed by atoms with Crippen LogP contribution in [0.25, 0.3) is 0 Å². The number of nitrogens with zero attached hydrogens (tertiary/aromatic N) is 2. The van der Waals surface area contributed by atoms with Crippen LogP contribution in [0.1, 0.15) is 35.7 Å². The van der Waals surface area contributed by atoms with E-state index in [4.69, 9.17) is 11.6 Å². The van der Waals surface area contributed by atoms with Gasteiger partial charge in [-0.25, -0.2) is 9.59 Å². The normalized spacial score (nSPS) is 17.8. The fourth-order valence-electron chi connectivity index (χ4n) is 4.10. The van der Waals surface area contributed by atoms with E-state index < -0.39 is 0 Å². The summed E-state index contributed by atoms with van der Waals surface area (Å²) in [4.78, 5) is 40.4. The standard InChI is InChI=1S/C23H25ClN4O3/c1-15(29)16-4-7-19(8-5-16)25-22(30)27-11-2-3-20(14-27)26-23(31)28-12-10-17-13-18(24)6-9-21(17)28/h4-9,13,20H,2-3,10-12,14H2,1H3,(H,25,30)(H,26,31). The summed E-state index contributed by atoms with van der Waals surface area (Å²) in [7, 11) is 0. The molecule has 2 aromatic rings. The number of carbonyl (C=O) groups excluding carboxylic acids is 3. The second kappa shape index (κ2) is 8.98. The first-order valence-electron chi connectivity index (χ1n) is 10.4. The number of likely N-dealkylation sites (tertiary alicyclic amines) is 1. The van der Waals surface area contributed by atoms with Gasteiger partial charge < -0.3 is 15.5 Å². The van der Waals surface area contributed by atoms with Crippen LogP contribution < -0.4 is 15.5 Å². The number of carbonyl (C=O) groups is 3. The third-order valence-electron chi connectivity index (χ3n) is 5.76. The molecule has 2 heterocycles. The Bertz CT molecular complexity index is 1010. The van der Waals surface area contributed by atoms with Gasteiger partial charge in [-0.15, -0.1) is 0 Å². The zero-order chi connectivity index (χ0) is 22.0. The molecule has 1 unspecified atom stereocenters. The van der Waals surface area contributed by atoms with Gasteiger partial charge in [-0.2, -0.15) is 0 Å². The van der Waals surface area contributed by atoms with Crippen molar-refractivity contribution < 1.29 is 14.4 Å². The van der Waals surface area contributed by atoms with Crippen molar-refractivity contribution in [3.8, 4) is 0 Å². The molecule has 31 heavy (non-hydrogen) atoms. The zero-order valence-corrected chi connectivity index (χ0v) is 18.1. The minimum Gasteiger partial charge on any atom is -0.333 e. The van der Waals surface area contributed by atoms with Gasteiger partial charge in [0.25, 0.3) is 0 Å². The van der Waals surface area contributed by atoms with E-state index in [9.17, 15) is 14.4 Å². The van der Waals surface area contributed by atoms with Crippen LogP contribution >= 0.6 is 11.6 Å². The molecule has 0 radical (unpaired) electrons. The van der Waals surface area contributed by atoms with Crippen molar-refractivity contribution in [3.05, 3.63) is 58.6 Å². The van der Waals surface area contributed by atoms with E-state index in [2.05, 4.69) is 10.6 Å². The molecule has 2 N–H and O–H groups in total. The van der Waals surface area contributed by atoms with Crippen LogP contribution in [-0.4, -0.2) is 48.4 Å². The molecule has 7 nitrogen and oxygen atoms in total. The number of hydrogen-bond donors (Lipinski definition) is 2. The average Bonchev–Trinajstić information content (AvgIpc) is 3.17. The van der Waals surface area contributed by atoms with Crippen molar-refractivity contribution in [3.63, 3.8) is 0 Å². The van der Waals surface area contributed by atoms with Crippen LogP contribution in [0.15, 0.2) is 42.5 Å². The van der Waals surface area contributed by atoms with Crippen molar-refractivity contribution in [1.82, 2.24) is 10.2 Å². The number of hydrogen-bond acceptors (Lipinski definition) is 3. The summed E-state index contributed by atoms with van der Waals surface area (Å²) in [6.45, 7) is 3.21. The highest BCUT2D eigenvalue weighted by Gasteiger charge is 2.29. The summed E-state index contributed by atoms with van der Waals surface area (Å²) in [6.07, 6.45) is 2.42. The number of piperidine rings is 1. The second-order valence-corrected chi connectivity index (χ2v) is 8.41. The largest absolute Gasteiger partial charge is 0.333 e. The Balaban J connectivity index is 1.34. The minimum atomic E-state index is -0.212. The van der Waals surface area contributed by atoms with E-state index in [0.717, 1.165) is 30.5 Å². The molecule has 4 amide bonds. The fraction of sp³-hybridized carbons (Fsp3) is 0.348. The number of rotatable bonds is 3. The fourth-order valence-corrected chi connectivity index (χ4v) is 4.30. The second-order valence-electron chi connectivity index (χ2n) is 7.97. The smallest absolute Gasteiger partial charge is 0.322 e. The number of halogens is 1. The Morgan fingerprint density at radius 3 is 2.55 bits per heavy atom. The number of anilines is 2. The number of fused-ring (bicyclic) bond motifs is 1. The van der Waals surface area contributed by atoms with E-state index in [-0.39, 0.29) is 23.9 Å². The zero-order valence-electron chi connectivity index (χ0n) is 17.4. The maximum Gasteiger partial charge on any atom is 0.322 e. The maximum absolute atomic E-state index is 12.9. The van der Waals surface area contributed by atoms with Gasteiger partial charge in [0.15, 0.2) is 5.78 Å². The van der Waals surface area contributed by atoms with Gasteiger partial charge >= 0.3 is 12.1 Å². The molecule has 0 saturated carbocycles. The van der Waals surface area contributed by atoms with Crippen molar-refractivity contribution in [2.45, 2.75) is 32.2 Å². The summed E-state index contributed by atoms with van der Waals surface area (Å²) >= 11 is 6.05. The molecule has 1 saturated heterocycles. The van der Waals surface area contributed by atoms with Gasteiger partial charge in [0.05, 0.1) is 0 Å². The molecule has 2 aromatic carbocycles. The van der Waals surface area contributed by atoms with Crippen LogP contribution in [0.4, 0.5) is 21.0 Å². The lowest BCUT2D eigenvalue weighted by molar-refractivity contribution is 0.101. The van der Waals surface area contributed by atoms with Crippen LogP contribution in [0.2, 0.25) is 5.02 Å². The first kappa shape index (κ1) is 21.2. The number of nitrogens with one attached hydrogen (secondary N) is 2. The number of amides is 4. The Morgan fingerprint density at radius 2 is 1.81 bits per heavy atom. The van der Waals surface area contributed by atoms with Crippen LogP contribution in [-0.2, 0) is 6.42 Å². The van der Waals surface area contributed by atoms with Crippen molar-refractivity contribution >= 4 is 40.8 Å². The summed E-state index contributed by atoms with van der Waals surface area (Å²) in [5.41, 5.74) is 3.20. The Hall–Kier alpha value is -3.06. The average molecular weight is 441 g/mol. The molecule has 1 fully saturated rings. The quantitative estimate of drug-likeness (QED) is 0.697. The molecule has 0 aliphatic carbocycles. The summed E-state index contributed by atoms with van der Waals surface area (Å²) in [5, 5.41) is 6.62. The van der Waals surface area contributed by atoms with Crippen LogP contribution in [0.3, 0.4) is 0 Å². The minimum absolute atomic E-state index is 0.0174. The highest BCUT2D eigenvalue weighted by Crippen LogP contribution is 2.30. The van der Waals surface area contributed by atoms with Gasteiger partial charge in [0.1, 0.15) is 0 Å². The number of ketones is 1. The molecule has 0 bridgehead atoms. The lowest BCUT2D eigenvalue weighted by Gasteiger charge is -2.34. The molecular formula is C23H25ClN4O3. The first-order chi connectivity index (χ1) is 14.9. The van der Waals surface area contributed by atoms with E-state index in [0.29, 0.717) is 35.9 Å². The van der Waals surface area contributed by atoms with Gasteiger partial charge in [0.2, 0.25) is 0 Å². The van der Waals surface area contributed by atoms with Crippen molar-refractivity contribution in [2.24, 2.45) is 0 Å². The Morgan fingerprint density at radius 1 is 1.03 bits per heavy atom. The lowest BCUT2D eigenvalue weighted by Crippen LogP contribution is -2.53.